The molecule has 0 aromatic carbocycles. The molecular formula is C17H35N3O. The first kappa shape index (κ1) is 18.4. The van der Waals surface area contributed by atoms with Crippen molar-refractivity contribution in [1.82, 2.24) is 10.2 Å². The summed E-state index contributed by atoms with van der Waals surface area (Å²) in [6.07, 6.45) is 4.96. The van der Waals surface area contributed by atoms with Crippen molar-refractivity contribution in [2.75, 3.05) is 33.2 Å². The lowest BCUT2D eigenvalue weighted by Crippen LogP contribution is -2.43. The number of nitrogens with zero attached hydrogens (tertiary/aromatic N) is 1. The van der Waals surface area contributed by atoms with Crippen molar-refractivity contribution in [3.63, 3.8) is 0 Å². The number of likely N-dealkylation sites (tertiary alicyclic amines) is 1. The van der Waals surface area contributed by atoms with Gasteiger partial charge in [0.15, 0.2) is 0 Å². The number of nitrogens with two attached hydrogens (primary N) is 1. The zero-order valence-corrected chi connectivity index (χ0v) is 14.5. The number of piperidine rings is 1. The molecule has 21 heavy (non-hydrogen) atoms. The molecule has 1 amide bonds. The highest BCUT2D eigenvalue weighted by atomic mass is 16.1. The Kier molecular flexibility index (Phi) is 7.67. The summed E-state index contributed by atoms with van der Waals surface area (Å²) in [4.78, 5) is 14.4. The Balaban J connectivity index is 2.27. The molecule has 1 fully saturated rings. The average molecular weight is 297 g/mol. The first-order valence-electron chi connectivity index (χ1n) is 8.51. The van der Waals surface area contributed by atoms with Crippen LogP contribution in [0.5, 0.6) is 0 Å². The molecule has 0 saturated carbocycles. The summed E-state index contributed by atoms with van der Waals surface area (Å²) in [5.41, 5.74) is 5.93. The first-order valence-corrected chi connectivity index (χ1v) is 8.51. The second-order valence-electron chi connectivity index (χ2n) is 7.51. The van der Waals surface area contributed by atoms with Crippen LogP contribution in [-0.4, -0.2) is 44.0 Å². The summed E-state index contributed by atoms with van der Waals surface area (Å²) in [5.74, 6) is 1.38. The van der Waals surface area contributed by atoms with Crippen LogP contribution in [-0.2, 0) is 4.79 Å². The molecule has 0 bridgehead atoms. The normalized spacial score (nSPS) is 20.5. The highest BCUT2D eigenvalue weighted by Gasteiger charge is 2.29. The summed E-state index contributed by atoms with van der Waals surface area (Å²) in [5, 5.41) is 3.16. The van der Waals surface area contributed by atoms with Gasteiger partial charge in [0.05, 0.1) is 0 Å². The van der Waals surface area contributed by atoms with Gasteiger partial charge in [0, 0.05) is 13.0 Å². The lowest BCUT2D eigenvalue weighted by molar-refractivity contribution is -0.122. The summed E-state index contributed by atoms with van der Waals surface area (Å²) < 4.78 is 0. The van der Waals surface area contributed by atoms with E-state index in [1.54, 1.807) is 0 Å². The van der Waals surface area contributed by atoms with Gasteiger partial charge in [-0.05, 0) is 69.6 Å². The first-order chi connectivity index (χ1) is 9.86. The van der Waals surface area contributed by atoms with Gasteiger partial charge in [-0.1, -0.05) is 20.8 Å². The Morgan fingerprint density at radius 1 is 1.29 bits per heavy atom. The minimum Gasteiger partial charge on any atom is -0.356 e. The number of rotatable bonds is 8. The molecule has 0 aromatic rings. The van der Waals surface area contributed by atoms with Gasteiger partial charge in [-0.2, -0.15) is 0 Å². The molecule has 1 heterocycles. The Morgan fingerprint density at radius 2 is 1.90 bits per heavy atom. The Morgan fingerprint density at radius 3 is 2.43 bits per heavy atom. The van der Waals surface area contributed by atoms with Gasteiger partial charge in [-0.25, -0.2) is 0 Å². The third-order valence-corrected chi connectivity index (χ3v) is 5.13. The van der Waals surface area contributed by atoms with E-state index in [1.165, 1.54) is 12.8 Å². The van der Waals surface area contributed by atoms with Crippen LogP contribution in [0.3, 0.4) is 0 Å². The van der Waals surface area contributed by atoms with Crippen molar-refractivity contribution >= 4 is 5.91 Å². The van der Waals surface area contributed by atoms with Gasteiger partial charge in [0.25, 0.3) is 0 Å². The molecule has 0 radical (unpaired) electrons. The third kappa shape index (κ3) is 6.79. The third-order valence-electron chi connectivity index (χ3n) is 5.13. The van der Waals surface area contributed by atoms with E-state index in [2.05, 4.69) is 38.0 Å². The lowest BCUT2D eigenvalue weighted by atomic mass is 9.80. The minimum absolute atomic E-state index is 0.206. The highest BCUT2D eigenvalue weighted by molar-refractivity contribution is 5.75. The molecule has 0 aliphatic carbocycles. The number of amides is 1. The fourth-order valence-electron chi connectivity index (χ4n) is 3.08. The van der Waals surface area contributed by atoms with Gasteiger partial charge in [-0.15, -0.1) is 0 Å². The molecule has 1 rings (SSSR count). The Labute approximate surface area is 130 Å². The van der Waals surface area contributed by atoms with Crippen molar-refractivity contribution in [2.45, 2.75) is 52.9 Å². The predicted octanol–water partition coefficient (Wildman–Crippen LogP) is 2.24. The molecule has 1 saturated heterocycles. The van der Waals surface area contributed by atoms with E-state index in [-0.39, 0.29) is 11.3 Å². The SMILES string of the molecule is CC(C)C(CCN)CCC(=O)NCC1(C)CCN(C)CC1. The van der Waals surface area contributed by atoms with Crippen LogP contribution < -0.4 is 11.1 Å². The minimum atomic E-state index is 0.206. The van der Waals surface area contributed by atoms with Crippen molar-refractivity contribution < 1.29 is 4.79 Å². The molecule has 1 unspecified atom stereocenters. The van der Waals surface area contributed by atoms with E-state index in [9.17, 15) is 4.79 Å². The summed E-state index contributed by atoms with van der Waals surface area (Å²) in [6.45, 7) is 10.6. The highest BCUT2D eigenvalue weighted by Crippen LogP contribution is 2.29. The number of carbonyl (C=O) groups excluding carboxylic acids is 1. The fourth-order valence-corrected chi connectivity index (χ4v) is 3.08. The Hall–Kier alpha value is -0.610. The van der Waals surface area contributed by atoms with Crippen LogP contribution in [0.15, 0.2) is 0 Å². The molecule has 1 atom stereocenters. The second-order valence-corrected chi connectivity index (χ2v) is 7.51. The van der Waals surface area contributed by atoms with Crippen LogP contribution in [0.4, 0.5) is 0 Å². The maximum absolute atomic E-state index is 12.1. The van der Waals surface area contributed by atoms with Gasteiger partial charge < -0.3 is 16.0 Å². The van der Waals surface area contributed by atoms with Gasteiger partial charge in [-0.3, -0.25) is 4.79 Å². The smallest absolute Gasteiger partial charge is 0.220 e. The van der Waals surface area contributed by atoms with E-state index in [4.69, 9.17) is 5.73 Å². The fraction of sp³-hybridized carbons (Fsp3) is 0.941. The summed E-state index contributed by atoms with van der Waals surface area (Å²) >= 11 is 0. The van der Waals surface area contributed by atoms with Gasteiger partial charge in [0.1, 0.15) is 0 Å². The molecular weight excluding hydrogens is 262 g/mol. The van der Waals surface area contributed by atoms with E-state index >= 15 is 0 Å². The van der Waals surface area contributed by atoms with Crippen molar-refractivity contribution in [3.8, 4) is 0 Å². The summed E-state index contributed by atoms with van der Waals surface area (Å²) in [7, 11) is 2.17. The number of hydrogen-bond donors (Lipinski definition) is 2. The predicted molar refractivity (Wildman–Crippen MR) is 89.1 cm³/mol. The number of nitrogens with one attached hydrogen (secondary N) is 1. The van der Waals surface area contributed by atoms with Gasteiger partial charge in [0.2, 0.25) is 5.91 Å². The largest absolute Gasteiger partial charge is 0.356 e. The average Bonchev–Trinajstić information content (AvgIpc) is 2.44. The van der Waals surface area contributed by atoms with Crippen molar-refractivity contribution in [3.05, 3.63) is 0 Å². The van der Waals surface area contributed by atoms with Crippen LogP contribution in [0.2, 0.25) is 0 Å². The molecule has 4 heteroatoms. The van der Waals surface area contributed by atoms with Crippen LogP contribution in [0.25, 0.3) is 0 Å². The van der Waals surface area contributed by atoms with Gasteiger partial charge >= 0.3 is 0 Å². The molecule has 124 valence electrons. The lowest BCUT2D eigenvalue weighted by Gasteiger charge is -2.38. The summed E-state index contributed by atoms with van der Waals surface area (Å²) in [6, 6.07) is 0. The molecule has 3 N–H and O–H groups in total. The molecule has 1 aliphatic rings. The number of carbonyl (C=O) groups is 1. The van der Waals surface area contributed by atoms with E-state index in [1.807, 2.05) is 0 Å². The van der Waals surface area contributed by atoms with Crippen LogP contribution in [0.1, 0.15) is 52.9 Å². The number of hydrogen-bond acceptors (Lipinski definition) is 3. The molecule has 4 nitrogen and oxygen atoms in total. The maximum Gasteiger partial charge on any atom is 0.220 e. The molecule has 0 aromatic heterocycles. The van der Waals surface area contributed by atoms with Crippen LogP contribution >= 0.6 is 0 Å². The van der Waals surface area contributed by atoms with Crippen molar-refractivity contribution in [2.24, 2.45) is 23.0 Å². The maximum atomic E-state index is 12.1. The van der Waals surface area contributed by atoms with E-state index in [0.717, 1.165) is 39.0 Å². The molecule has 0 spiro atoms. The van der Waals surface area contributed by atoms with E-state index < -0.39 is 0 Å². The molecule has 1 aliphatic heterocycles. The monoisotopic (exact) mass is 297 g/mol. The second kappa shape index (κ2) is 8.74. The van der Waals surface area contributed by atoms with E-state index in [0.29, 0.717) is 18.3 Å². The standard InChI is InChI=1S/C17H35N3O/c1-14(2)15(7-10-18)5-6-16(21)19-13-17(3)8-11-20(4)12-9-17/h14-15H,5-13,18H2,1-4H3,(H,19,21). The zero-order valence-electron chi connectivity index (χ0n) is 14.5. The Bertz CT molecular complexity index is 309. The van der Waals surface area contributed by atoms with Crippen molar-refractivity contribution in [1.29, 1.82) is 0 Å². The zero-order chi connectivity index (χ0) is 15.9. The van der Waals surface area contributed by atoms with Crippen LogP contribution in [0, 0.1) is 17.3 Å². The quantitative estimate of drug-likeness (QED) is 0.722. The topological polar surface area (TPSA) is 58.4 Å².